The molecule has 0 fully saturated rings. The summed E-state index contributed by atoms with van der Waals surface area (Å²) in [6.07, 6.45) is 0. The van der Waals surface area contributed by atoms with Gasteiger partial charge in [-0.25, -0.2) is 13.6 Å². The first-order chi connectivity index (χ1) is 8.43. The maximum absolute atomic E-state index is 13.6. The standard InChI is InChI=1S/C12H9F2NO2S/c1-5-9(15)11(12(16)17)18-10(5)8-6(13)3-2-4-7(8)14/h2-4H,15H2,1H3,(H,16,17). The molecule has 0 atom stereocenters. The lowest BCUT2D eigenvalue weighted by Crippen LogP contribution is -1.97. The van der Waals surface area contributed by atoms with Crippen LogP contribution in [0.2, 0.25) is 0 Å². The zero-order valence-corrected chi connectivity index (χ0v) is 10.1. The molecule has 3 nitrogen and oxygen atoms in total. The Balaban J connectivity index is 2.73. The number of halogens is 2. The topological polar surface area (TPSA) is 63.3 Å². The van der Waals surface area contributed by atoms with Crippen LogP contribution in [0, 0.1) is 18.6 Å². The number of carboxylic acids is 1. The van der Waals surface area contributed by atoms with Crippen LogP contribution in [0.25, 0.3) is 10.4 Å². The van der Waals surface area contributed by atoms with Crippen molar-refractivity contribution in [3.05, 3.63) is 40.3 Å². The van der Waals surface area contributed by atoms with Crippen LogP contribution in [0.1, 0.15) is 15.2 Å². The molecule has 18 heavy (non-hydrogen) atoms. The minimum Gasteiger partial charge on any atom is -0.477 e. The third-order valence-electron chi connectivity index (χ3n) is 2.58. The summed E-state index contributed by atoms with van der Waals surface area (Å²) in [5, 5.41) is 8.93. The van der Waals surface area contributed by atoms with E-state index >= 15 is 0 Å². The van der Waals surface area contributed by atoms with E-state index in [2.05, 4.69) is 0 Å². The zero-order chi connectivity index (χ0) is 13.4. The van der Waals surface area contributed by atoms with E-state index < -0.39 is 17.6 Å². The number of benzene rings is 1. The van der Waals surface area contributed by atoms with Crippen molar-refractivity contribution in [2.45, 2.75) is 6.92 Å². The minimum atomic E-state index is -1.21. The van der Waals surface area contributed by atoms with Gasteiger partial charge in [-0.3, -0.25) is 0 Å². The number of nitrogens with two attached hydrogens (primary N) is 1. The number of hydrogen-bond donors (Lipinski definition) is 2. The number of carboxylic acid groups (broad SMARTS) is 1. The third-order valence-corrected chi connectivity index (χ3v) is 3.89. The number of carbonyl (C=O) groups is 1. The molecule has 0 saturated heterocycles. The molecule has 6 heteroatoms. The predicted molar refractivity (Wildman–Crippen MR) is 65.8 cm³/mol. The van der Waals surface area contributed by atoms with E-state index in [1.807, 2.05) is 0 Å². The molecule has 2 aromatic rings. The van der Waals surface area contributed by atoms with Crippen LogP contribution in [0.5, 0.6) is 0 Å². The average molecular weight is 269 g/mol. The summed E-state index contributed by atoms with van der Waals surface area (Å²) >= 11 is 0.771. The summed E-state index contributed by atoms with van der Waals surface area (Å²) in [6.45, 7) is 1.54. The summed E-state index contributed by atoms with van der Waals surface area (Å²) in [4.78, 5) is 11.0. The highest BCUT2D eigenvalue weighted by atomic mass is 32.1. The number of hydrogen-bond acceptors (Lipinski definition) is 3. The van der Waals surface area contributed by atoms with Gasteiger partial charge in [0.05, 0.1) is 11.3 Å². The quantitative estimate of drug-likeness (QED) is 0.879. The van der Waals surface area contributed by atoms with E-state index in [9.17, 15) is 13.6 Å². The molecule has 0 aliphatic rings. The van der Waals surface area contributed by atoms with Crippen LogP contribution in [0.15, 0.2) is 18.2 Å². The third kappa shape index (κ3) is 1.84. The Hall–Kier alpha value is -1.95. The normalized spacial score (nSPS) is 10.6. The SMILES string of the molecule is Cc1c(-c2c(F)cccc2F)sc(C(=O)O)c1N. The molecule has 0 spiro atoms. The van der Waals surface area contributed by atoms with Crippen LogP contribution < -0.4 is 5.73 Å². The van der Waals surface area contributed by atoms with Gasteiger partial charge in [0.1, 0.15) is 16.5 Å². The van der Waals surface area contributed by atoms with E-state index in [1.165, 1.54) is 6.07 Å². The molecule has 0 amide bonds. The fourth-order valence-corrected chi connectivity index (χ4v) is 2.75. The first-order valence-corrected chi connectivity index (χ1v) is 5.81. The summed E-state index contributed by atoms with van der Waals surface area (Å²) in [5.74, 6) is -2.68. The van der Waals surface area contributed by atoms with Gasteiger partial charge >= 0.3 is 5.97 Å². The second-order valence-electron chi connectivity index (χ2n) is 3.70. The summed E-state index contributed by atoms with van der Waals surface area (Å²) in [7, 11) is 0. The number of anilines is 1. The van der Waals surface area contributed by atoms with E-state index in [4.69, 9.17) is 10.8 Å². The van der Waals surface area contributed by atoms with Crippen molar-refractivity contribution in [2.24, 2.45) is 0 Å². The molecule has 0 bridgehead atoms. The molecule has 94 valence electrons. The lowest BCUT2D eigenvalue weighted by Gasteiger charge is -2.03. The Kier molecular flexibility index (Phi) is 3.04. The van der Waals surface area contributed by atoms with Crippen LogP contribution in [0.3, 0.4) is 0 Å². The first kappa shape index (κ1) is 12.5. The smallest absolute Gasteiger partial charge is 0.348 e. The fraction of sp³-hybridized carbons (Fsp3) is 0.0833. The predicted octanol–water partition coefficient (Wildman–Crippen LogP) is 3.28. The second-order valence-corrected chi connectivity index (χ2v) is 4.72. The van der Waals surface area contributed by atoms with Crippen molar-refractivity contribution < 1.29 is 18.7 Å². The molecule has 1 aromatic carbocycles. The molecule has 0 unspecified atom stereocenters. The van der Waals surface area contributed by atoms with E-state index in [1.54, 1.807) is 6.92 Å². The molecular formula is C12H9F2NO2S. The largest absolute Gasteiger partial charge is 0.477 e. The maximum atomic E-state index is 13.6. The molecule has 1 heterocycles. The van der Waals surface area contributed by atoms with Crippen molar-refractivity contribution in [3.8, 4) is 10.4 Å². The van der Waals surface area contributed by atoms with Gasteiger partial charge in [-0.2, -0.15) is 0 Å². The van der Waals surface area contributed by atoms with Gasteiger partial charge in [-0.05, 0) is 24.6 Å². The van der Waals surface area contributed by atoms with E-state index in [0.29, 0.717) is 5.56 Å². The van der Waals surface area contributed by atoms with Crippen molar-refractivity contribution in [2.75, 3.05) is 5.73 Å². The average Bonchev–Trinajstić information content (AvgIpc) is 2.57. The lowest BCUT2D eigenvalue weighted by atomic mass is 10.1. The van der Waals surface area contributed by atoms with Gasteiger partial charge in [0, 0.05) is 4.88 Å². The van der Waals surface area contributed by atoms with Gasteiger partial charge in [-0.15, -0.1) is 11.3 Å². The number of thiophene rings is 1. The first-order valence-electron chi connectivity index (χ1n) is 5.00. The molecular weight excluding hydrogens is 260 g/mol. The van der Waals surface area contributed by atoms with Gasteiger partial charge in [0.15, 0.2) is 0 Å². The van der Waals surface area contributed by atoms with E-state index in [-0.39, 0.29) is 21.0 Å². The second kappa shape index (κ2) is 4.38. The van der Waals surface area contributed by atoms with E-state index in [0.717, 1.165) is 23.5 Å². The molecule has 0 aliphatic heterocycles. The summed E-state index contributed by atoms with van der Waals surface area (Å²) < 4.78 is 27.3. The lowest BCUT2D eigenvalue weighted by molar-refractivity contribution is 0.0703. The van der Waals surface area contributed by atoms with Gasteiger partial charge in [0.25, 0.3) is 0 Å². The molecule has 0 aliphatic carbocycles. The Labute approximate surface area is 105 Å². The Morgan fingerprint density at radius 2 is 1.89 bits per heavy atom. The molecule has 3 N–H and O–H groups in total. The maximum Gasteiger partial charge on any atom is 0.348 e. The molecule has 0 saturated carbocycles. The van der Waals surface area contributed by atoms with Gasteiger partial charge < -0.3 is 10.8 Å². The highest BCUT2D eigenvalue weighted by Crippen LogP contribution is 2.40. The molecule has 1 aromatic heterocycles. The molecule has 2 rings (SSSR count). The fourth-order valence-electron chi connectivity index (χ4n) is 1.64. The van der Waals surface area contributed by atoms with Crippen LogP contribution in [-0.2, 0) is 0 Å². The Morgan fingerprint density at radius 1 is 1.33 bits per heavy atom. The monoisotopic (exact) mass is 269 g/mol. The summed E-state index contributed by atoms with van der Waals surface area (Å²) in [6, 6.07) is 3.49. The Bertz CT molecular complexity index is 617. The number of aromatic carboxylic acids is 1. The van der Waals surface area contributed by atoms with Crippen molar-refractivity contribution in [1.82, 2.24) is 0 Å². The highest BCUT2D eigenvalue weighted by Gasteiger charge is 2.22. The minimum absolute atomic E-state index is 0.0464. The van der Waals surface area contributed by atoms with Gasteiger partial charge in [-0.1, -0.05) is 6.07 Å². The highest BCUT2D eigenvalue weighted by molar-refractivity contribution is 7.18. The number of nitrogen functional groups attached to an aromatic ring is 1. The Morgan fingerprint density at radius 3 is 2.33 bits per heavy atom. The number of rotatable bonds is 2. The zero-order valence-electron chi connectivity index (χ0n) is 9.33. The van der Waals surface area contributed by atoms with Crippen LogP contribution in [0.4, 0.5) is 14.5 Å². The van der Waals surface area contributed by atoms with Crippen molar-refractivity contribution >= 4 is 23.0 Å². The van der Waals surface area contributed by atoms with Crippen molar-refractivity contribution in [1.29, 1.82) is 0 Å². The van der Waals surface area contributed by atoms with Crippen molar-refractivity contribution in [3.63, 3.8) is 0 Å². The van der Waals surface area contributed by atoms with Crippen LogP contribution >= 0.6 is 11.3 Å². The summed E-state index contributed by atoms with van der Waals surface area (Å²) in [5.41, 5.74) is 5.81. The van der Waals surface area contributed by atoms with Gasteiger partial charge in [0.2, 0.25) is 0 Å². The van der Waals surface area contributed by atoms with Crippen LogP contribution in [-0.4, -0.2) is 11.1 Å². The molecule has 0 radical (unpaired) electrons.